The number of hydrogen-bond acceptors (Lipinski definition) is 4. The van der Waals surface area contributed by atoms with Gasteiger partial charge in [0.05, 0.1) is 13.2 Å². The van der Waals surface area contributed by atoms with Gasteiger partial charge >= 0.3 is 6.09 Å². The zero-order valence-electron chi connectivity index (χ0n) is 15.0. The Kier molecular flexibility index (Phi) is 5.11. The molecule has 24 heavy (non-hydrogen) atoms. The van der Waals surface area contributed by atoms with Crippen LogP contribution < -0.4 is 0 Å². The largest absolute Gasteiger partial charge is 0.444 e. The van der Waals surface area contributed by atoms with Crippen molar-refractivity contribution in [2.45, 2.75) is 45.9 Å². The number of morpholine rings is 1. The van der Waals surface area contributed by atoms with Crippen LogP contribution in [0.25, 0.3) is 0 Å². The predicted molar refractivity (Wildman–Crippen MR) is 92.9 cm³/mol. The van der Waals surface area contributed by atoms with Crippen LogP contribution >= 0.6 is 0 Å². The lowest BCUT2D eigenvalue weighted by Crippen LogP contribution is -2.40. The van der Waals surface area contributed by atoms with E-state index >= 15 is 0 Å². The van der Waals surface area contributed by atoms with Gasteiger partial charge in [-0.05, 0) is 43.9 Å². The molecule has 3 rings (SSSR count). The Hall–Kier alpha value is -1.59. The third-order valence-electron chi connectivity index (χ3n) is 4.51. The Labute approximate surface area is 144 Å². The minimum absolute atomic E-state index is 0.216. The SMILES string of the molecule is CC(C)(C)OC(=O)N1CCc2c(CN3CCOCC3)cccc2C1. The highest BCUT2D eigenvalue weighted by atomic mass is 16.6. The lowest BCUT2D eigenvalue weighted by Gasteiger charge is -2.33. The summed E-state index contributed by atoms with van der Waals surface area (Å²) < 4.78 is 10.9. The fourth-order valence-corrected chi connectivity index (χ4v) is 3.32. The van der Waals surface area contributed by atoms with Crippen LogP contribution in [0.2, 0.25) is 0 Å². The van der Waals surface area contributed by atoms with Crippen molar-refractivity contribution in [3.63, 3.8) is 0 Å². The third-order valence-corrected chi connectivity index (χ3v) is 4.51. The van der Waals surface area contributed by atoms with Crippen LogP contribution in [-0.4, -0.2) is 54.3 Å². The fourth-order valence-electron chi connectivity index (χ4n) is 3.32. The molecular weight excluding hydrogens is 304 g/mol. The van der Waals surface area contributed by atoms with E-state index in [1.807, 2.05) is 25.7 Å². The maximum atomic E-state index is 12.3. The van der Waals surface area contributed by atoms with Crippen LogP contribution in [0.15, 0.2) is 18.2 Å². The number of nitrogens with zero attached hydrogens (tertiary/aromatic N) is 2. The molecule has 0 unspecified atom stereocenters. The van der Waals surface area contributed by atoms with Crippen molar-refractivity contribution < 1.29 is 14.3 Å². The van der Waals surface area contributed by atoms with Gasteiger partial charge in [-0.1, -0.05) is 18.2 Å². The zero-order valence-corrected chi connectivity index (χ0v) is 15.0. The Morgan fingerprint density at radius 3 is 2.67 bits per heavy atom. The molecule has 2 heterocycles. The minimum Gasteiger partial charge on any atom is -0.444 e. The second-order valence-corrected chi connectivity index (χ2v) is 7.60. The van der Waals surface area contributed by atoms with Gasteiger partial charge < -0.3 is 14.4 Å². The zero-order chi connectivity index (χ0) is 17.2. The quantitative estimate of drug-likeness (QED) is 0.835. The van der Waals surface area contributed by atoms with Crippen molar-refractivity contribution >= 4 is 6.09 Å². The Morgan fingerprint density at radius 1 is 1.21 bits per heavy atom. The molecule has 0 bridgehead atoms. The predicted octanol–water partition coefficient (Wildman–Crippen LogP) is 2.81. The lowest BCUT2D eigenvalue weighted by atomic mass is 9.94. The Bertz CT molecular complexity index is 589. The first-order valence-electron chi connectivity index (χ1n) is 8.80. The molecule has 1 amide bonds. The van der Waals surface area contributed by atoms with Gasteiger partial charge in [0.15, 0.2) is 0 Å². The normalized spacial score (nSPS) is 19.0. The maximum Gasteiger partial charge on any atom is 0.410 e. The average molecular weight is 332 g/mol. The molecule has 0 saturated carbocycles. The van der Waals surface area contributed by atoms with Crippen LogP contribution in [0.4, 0.5) is 4.79 Å². The molecule has 5 heteroatoms. The summed E-state index contributed by atoms with van der Waals surface area (Å²) in [5, 5.41) is 0. The molecule has 0 spiro atoms. The summed E-state index contributed by atoms with van der Waals surface area (Å²) in [6, 6.07) is 6.46. The topological polar surface area (TPSA) is 42.0 Å². The van der Waals surface area contributed by atoms with Crippen LogP contribution in [0.5, 0.6) is 0 Å². The molecule has 0 atom stereocenters. The smallest absolute Gasteiger partial charge is 0.410 e. The van der Waals surface area contributed by atoms with Crippen molar-refractivity contribution in [2.75, 3.05) is 32.8 Å². The van der Waals surface area contributed by atoms with E-state index in [-0.39, 0.29) is 6.09 Å². The van der Waals surface area contributed by atoms with E-state index < -0.39 is 5.60 Å². The molecule has 2 aliphatic rings. The summed E-state index contributed by atoms with van der Waals surface area (Å²) in [4.78, 5) is 16.6. The molecular formula is C19H28N2O3. The maximum absolute atomic E-state index is 12.3. The van der Waals surface area contributed by atoms with Crippen LogP contribution in [0, 0.1) is 0 Å². The molecule has 1 aromatic rings. The number of hydrogen-bond donors (Lipinski definition) is 0. The third kappa shape index (κ3) is 4.28. The highest BCUT2D eigenvalue weighted by Crippen LogP contribution is 2.25. The van der Waals surface area contributed by atoms with Crippen molar-refractivity contribution in [3.8, 4) is 0 Å². The lowest BCUT2D eigenvalue weighted by molar-refractivity contribution is 0.0221. The second-order valence-electron chi connectivity index (χ2n) is 7.60. The minimum atomic E-state index is -0.449. The fraction of sp³-hybridized carbons (Fsp3) is 0.632. The van der Waals surface area contributed by atoms with Gasteiger partial charge in [-0.15, -0.1) is 0 Å². The Morgan fingerprint density at radius 2 is 1.96 bits per heavy atom. The monoisotopic (exact) mass is 332 g/mol. The molecule has 0 aliphatic carbocycles. The summed E-state index contributed by atoms with van der Waals surface area (Å²) in [6.45, 7) is 11.7. The molecule has 0 radical (unpaired) electrons. The van der Waals surface area contributed by atoms with Gasteiger partial charge in [0.2, 0.25) is 0 Å². The van der Waals surface area contributed by atoms with Gasteiger partial charge in [-0.2, -0.15) is 0 Å². The van der Waals surface area contributed by atoms with E-state index in [1.54, 1.807) is 0 Å². The van der Waals surface area contributed by atoms with Gasteiger partial charge in [0, 0.05) is 32.7 Å². The number of carbonyl (C=O) groups is 1. The molecule has 1 fully saturated rings. The standard InChI is InChI=1S/C19H28N2O3/c1-19(2,3)24-18(22)21-8-7-17-15(5-4-6-16(17)14-21)13-20-9-11-23-12-10-20/h4-6H,7-14H2,1-3H3. The summed E-state index contributed by atoms with van der Waals surface area (Å²) in [5.74, 6) is 0. The number of amides is 1. The van der Waals surface area contributed by atoms with Gasteiger partial charge in [-0.3, -0.25) is 4.90 Å². The van der Waals surface area contributed by atoms with Crippen LogP contribution in [-0.2, 0) is 29.0 Å². The van der Waals surface area contributed by atoms with Crippen LogP contribution in [0.1, 0.15) is 37.5 Å². The van der Waals surface area contributed by atoms with Crippen molar-refractivity contribution in [3.05, 3.63) is 34.9 Å². The number of fused-ring (bicyclic) bond motifs is 1. The number of benzene rings is 1. The molecule has 132 valence electrons. The van der Waals surface area contributed by atoms with Crippen molar-refractivity contribution in [1.29, 1.82) is 0 Å². The molecule has 0 N–H and O–H groups in total. The first-order valence-corrected chi connectivity index (χ1v) is 8.80. The molecule has 0 aromatic heterocycles. The highest BCUT2D eigenvalue weighted by Gasteiger charge is 2.27. The number of carbonyl (C=O) groups excluding carboxylic acids is 1. The molecule has 1 saturated heterocycles. The van der Waals surface area contributed by atoms with Crippen molar-refractivity contribution in [2.24, 2.45) is 0 Å². The first-order chi connectivity index (χ1) is 11.4. The van der Waals surface area contributed by atoms with Gasteiger partial charge in [-0.25, -0.2) is 4.79 Å². The van der Waals surface area contributed by atoms with Crippen LogP contribution in [0.3, 0.4) is 0 Å². The molecule has 5 nitrogen and oxygen atoms in total. The van der Waals surface area contributed by atoms with Gasteiger partial charge in [0.25, 0.3) is 0 Å². The summed E-state index contributed by atoms with van der Waals surface area (Å²) >= 11 is 0. The van der Waals surface area contributed by atoms with E-state index in [2.05, 4.69) is 23.1 Å². The van der Waals surface area contributed by atoms with E-state index in [4.69, 9.17) is 9.47 Å². The molecule has 2 aliphatic heterocycles. The second kappa shape index (κ2) is 7.11. The summed E-state index contributed by atoms with van der Waals surface area (Å²) in [6.07, 6.45) is 0.682. The molecule has 1 aromatic carbocycles. The summed E-state index contributed by atoms with van der Waals surface area (Å²) in [5.41, 5.74) is 3.59. The van der Waals surface area contributed by atoms with Crippen molar-refractivity contribution in [1.82, 2.24) is 9.80 Å². The van der Waals surface area contributed by atoms with Gasteiger partial charge in [0.1, 0.15) is 5.60 Å². The number of rotatable bonds is 2. The highest BCUT2D eigenvalue weighted by molar-refractivity contribution is 5.68. The Balaban J connectivity index is 1.69. The van der Waals surface area contributed by atoms with E-state index in [9.17, 15) is 4.79 Å². The van der Waals surface area contributed by atoms with E-state index in [0.717, 1.165) is 45.8 Å². The van der Waals surface area contributed by atoms with E-state index in [0.29, 0.717) is 6.54 Å². The average Bonchev–Trinajstić information content (AvgIpc) is 2.54. The van der Waals surface area contributed by atoms with E-state index in [1.165, 1.54) is 16.7 Å². The number of ether oxygens (including phenoxy) is 2. The first kappa shape index (κ1) is 17.2. The summed E-state index contributed by atoms with van der Waals surface area (Å²) in [7, 11) is 0.